The standard InChI is InChI=1S/C25H28N4O3S/c1-13(2)20-12-29(5)22-17(20)8-16(21-11-27-25(32-6)33-21)9-18(22)23(30)26-10-19-14(3)7-15(4)28-24(19)31/h7-9,11-13H,10H2,1-6H3,(H,26,30)(H,28,31). The highest BCUT2D eigenvalue weighted by atomic mass is 32.1. The largest absolute Gasteiger partial charge is 0.473 e. The molecule has 0 saturated carbocycles. The molecule has 0 spiro atoms. The quantitative estimate of drug-likeness (QED) is 0.434. The number of H-pyrrole nitrogens is 1. The van der Waals surface area contributed by atoms with Crippen molar-refractivity contribution < 1.29 is 9.53 Å². The van der Waals surface area contributed by atoms with Crippen LogP contribution in [0.4, 0.5) is 0 Å². The van der Waals surface area contributed by atoms with Crippen LogP contribution < -0.4 is 15.6 Å². The number of hydrogen-bond acceptors (Lipinski definition) is 5. The number of aromatic amines is 1. The average molecular weight is 465 g/mol. The predicted octanol–water partition coefficient (Wildman–Crippen LogP) is 4.67. The fourth-order valence-corrected chi connectivity index (χ4v) is 4.92. The summed E-state index contributed by atoms with van der Waals surface area (Å²) in [6.45, 7) is 8.16. The molecule has 4 rings (SSSR count). The van der Waals surface area contributed by atoms with E-state index < -0.39 is 0 Å². The maximum atomic E-state index is 13.4. The van der Waals surface area contributed by atoms with Gasteiger partial charge in [-0.25, -0.2) is 4.98 Å². The van der Waals surface area contributed by atoms with Gasteiger partial charge in [0.2, 0.25) is 0 Å². The number of nitrogens with zero attached hydrogens (tertiary/aromatic N) is 2. The summed E-state index contributed by atoms with van der Waals surface area (Å²) in [5.74, 6) is 0.0684. The molecule has 8 heteroatoms. The number of rotatable bonds is 6. The highest BCUT2D eigenvalue weighted by molar-refractivity contribution is 7.16. The first-order valence-corrected chi connectivity index (χ1v) is 11.6. The van der Waals surface area contributed by atoms with Crippen LogP contribution in [-0.4, -0.2) is 27.6 Å². The zero-order chi connectivity index (χ0) is 23.9. The maximum Gasteiger partial charge on any atom is 0.273 e. The van der Waals surface area contributed by atoms with Gasteiger partial charge in [-0.1, -0.05) is 25.2 Å². The van der Waals surface area contributed by atoms with Crippen LogP contribution >= 0.6 is 11.3 Å². The van der Waals surface area contributed by atoms with Crippen LogP contribution in [0.5, 0.6) is 5.19 Å². The molecule has 4 aromatic rings. The molecule has 0 fully saturated rings. The zero-order valence-corrected chi connectivity index (χ0v) is 20.5. The third-order valence-corrected chi connectivity index (χ3v) is 6.84. The topological polar surface area (TPSA) is 89.0 Å². The van der Waals surface area contributed by atoms with Gasteiger partial charge in [0, 0.05) is 42.6 Å². The van der Waals surface area contributed by atoms with Crippen molar-refractivity contribution in [2.24, 2.45) is 7.05 Å². The Labute approximate surface area is 196 Å². The smallest absolute Gasteiger partial charge is 0.273 e. The molecule has 2 N–H and O–H groups in total. The molecule has 7 nitrogen and oxygen atoms in total. The summed E-state index contributed by atoms with van der Waals surface area (Å²) in [7, 11) is 3.54. The summed E-state index contributed by atoms with van der Waals surface area (Å²) in [6, 6.07) is 5.91. The second kappa shape index (κ2) is 8.86. The van der Waals surface area contributed by atoms with Crippen LogP contribution in [0.2, 0.25) is 0 Å². The lowest BCUT2D eigenvalue weighted by Gasteiger charge is -2.12. The lowest BCUT2D eigenvalue weighted by Crippen LogP contribution is -2.28. The fraction of sp³-hybridized carbons (Fsp3) is 0.320. The number of carbonyl (C=O) groups excluding carboxylic acids is 1. The number of thiazole rings is 1. The van der Waals surface area contributed by atoms with Crippen LogP contribution in [0.15, 0.2) is 35.4 Å². The monoisotopic (exact) mass is 464 g/mol. The fourth-order valence-electron chi connectivity index (χ4n) is 4.20. The van der Waals surface area contributed by atoms with Gasteiger partial charge in [-0.2, -0.15) is 0 Å². The Balaban J connectivity index is 1.80. The van der Waals surface area contributed by atoms with Gasteiger partial charge < -0.3 is 19.6 Å². The van der Waals surface area contributed by atoms with E-state index in [1.807, 2.05) is 37.6 Å². The molecule has 0 aliphatic carbocycles. The van der Waals surface area contributed by atoms with Gasteiger partial charge in [0.1, 0.15) is 0 Å². The number of ether oxygens (including phenoxy) is 1. The van der Waals surface area contributed by atoms with E-state index in [9.17, 15) is 9.59 Å². The van der Waals surface area contributed by atoms with Crippen LogP contribution in [-0.2, 0) is 13.6 Å². The molecular formula is C25H28N4O3S. The zero-order valence-electron chi connectivity index (χ0n) is 19.7. The average Bonchev–Trinajstić information content (AvgIpc) is 3.37. The number of nitrogens with one attached hydrogen (secondary N) is 2. The molecule has 0 aliphatic heterocycles. The van der Waals surface area contributed by atoms with Crippen molar-refractivity contribution in [1.29, 1.82) is 0 Å². The van der Waals surface area contributed by atoms with Gasteiger partial charge in [-0.05, 0) is 54.7 Å². The van der Waals surface area contributed by atoms with Crippen LogP contribution in [0.3, 0.4) is 0 Å². The maximum absolute atomic E-state index is 13.4. The van der Waals surface area contributed by atoms with E-state index in [0.29, 0.717) is 22.2 Å². The molecule has 0 unspecified atom stereocenters. The lowest BCUT2D eigenvalue weighted by molar-refractivity contribution is 0.0952. The third-order valence-electron chi connectivity index (χ3n) is 5.84. The first-order chi connectivity index (χ1) is 15.7. The van der Waals surface area contributed by atoms with E-state index in [2.05, 4.69) is 41.4 Å². The molecule has 3 aromatic heterocycles. The van der Waals surface area contributed by atoms with Crippen molar-refractivity contribution in [1.82, 2.24) is 19.9 Å². The molecular weight excluding hydrogens is 436 g/mol. The van der Waals surface area contributed by atoms with Gasteiger partial charge in [-0.3, -0.25) is 9.59 Å². The first-order valence-electron chi connectivity index (χ1n) is 10.8. The van der Waals surface area contributed by atoms with Crippen molar-refractivity contribution >= 4 is 28.1 Å². The molecule has 0 saturated heterocycles. The molecule has 1 amide bonds. The van der Waals surface area contributed by atoms with Crippen LogP contribution in [0, 0.1) is 13.8 Å². The number of aromatic nitrogens is 3. The van der Waals surface area contributed by atoms with Crippen molar-refractivity contribution in [3.05, 3.63) is 68.9 Å². The minimum atomic E-state index is -0.228. The van der Waals surface area contributed by atoms with E-state index >= 15 is 0 Å². The number of hydrogen-bond donors (Lipinski definition) is 2. The molecule has 1 aromatic carbocycles. The Morgan fingerprint density at radius 2 is 2.03 bits per heavy atom. The summed E-state index contributed by atoms with van der Waals surface area (Å²) >= 11 is 1.43. The number of methoxy groups -OCH3 is 1. The molecule has 172 valence electrons. The second-order valence-electron chi connectivity index (χ2n) is 8.59. The molecule has 0 aliphatic rings. The molecule has 0 radical (unpaired) electrons. The summed E-state index contributed by atoms with van der Waals surface area (Å²) in [5.41, 5.74) is 5.54. The van der Waals surface area contributed by atoms with Gasteiger partial charge in [-0.15, -0.1) is 0 Å². The van der Waals surface area contributed by atoms with Gasteiger partial charge >= 0.3 is 0 Å². The molecule has 0 bridgehead atoms. The number of aryl methyl sites for hydroxylation is 3. The highest BCUT2D eigenvalue weighted by Gasteiger charge is 2.20. The Kier molecular flexibility index (Phi) is 6.12. The third kappa shape index (κ3) is 4.30. The predicted molar refractivity (Wildman–Crippen MR) is 132 cm³/mol. The van der Waals surface area contributed by atoms with E-state index in [0.717, 1.165) is 32.6 Å². The van der Waals surface area contributed by atoms with Gasteiger partial charge in [0.05, 0.1) is 23.1 Å². The number of carbonyl (C=O) groups is 1. The van der Waals surface area contributed by atoms with Crippen molar-refractivity contribution in [2.45, 2.75) is 40.2 Å². The Morgan fingerprint density at radius 1 is 1.27 bits per heavy atom. The Morgan fingerprint density at radius 3 is 2.67 bits per heavy atom. The lowest BCUT2D eigenvalue weighted by atomic mass is 9.98. The number of fused-ring (bicyclic) bond motifs is 1. The highest BCUT2D eigenvalue weighted by Crippen LogP contribution is 2.37. The number of amides is 1. The minimum absolute atomic E-state index is 0.155. The normalized spacial score (nSPS) is 11.4. The van der Waals surface area contributed by atoms with Crippen molar-refractivity contribution in [2.75, 3.05) is 7.11 Å². The molecule has 3 heterocycles. The van der Waals surface area contributed by atoms with Gasteiger partial charge in [0.15, 0.2) is 0 Å². The Bertz CT molecular complexity index is 1410. The minimum Gasteiger partial charge on any atom is -0.473 e. The Hall–Kier alpha value is -3.39. The summed E-state index contributed by atoms with van der Waals surface area (Å²) in [4.78, 5) is 33.8. The second-order valence-corrected chi connectivity index (χ2v) is 9.58. The van der Waals surface area contributed by atoms with E-state index in [1.165, 1.54) is 16.9 Å². The molecule has 33 heavy (non-hydrogen) atoms. The van der Waals surface area contributed by atoms with Crippen molar-refractivity contribution in [3.63, 3.8) is 0 Å². The SMILES string of the molecule is COc1ncc(-c2cc(C(=O)NCc3c(C)cc(C)[nH]c3=O)c3c(c2)c(C(C)C)cn3C)s1. The van der Waals surface area contributed by atoms with Crippen LogP contribution in [0.1, 0.15) is 52.5 Å². The van der Waals surface area contributed by atoms with Gasteiger partial charge in [0.25, 0.3) is 16.7 Å². The summed E-state index contributed by atoms with van der Waals surface area (Å²) in [5, 5.41) is 4.57. The summed E-state index contributed by atoms with van der Waals surface area (Å²) in [6.07, 6.45) is 3.84. The van der Waals surface area contributed by atoms with E-state index in [-0.39, 0.29) is 18.0 Å². The molecule has 0 atom stereocenters. The van der Waals surface area contributed by atoms with Crippen molar-refractivity contribution in [3.8, 4) is 15.6 Å². The van der Waals surface area contributed by atoms with E-state index in [1.54, 1.807) is 13.3 Å². The van der Waals surface area contributed by atoms with E-state index in [4.69, 9.17) is 4.74 Å². The number of pyridine rings is 1. The first kappa shape index (κ1) is 22.8. The summed E-state index contributed by atoms with van der Waals surface area (Å²) < 4.78 is 7.26. The number of benzene rings is 1. The van der Waals surface area contributed by atoms with Crippen LogP contribution in [0.25, 0.3) is 21.3 Å².